The highest BCUT2D eigenvalue weighted by molar-refractivity contribution is 4.57. The fourth-order valence-electron chi connectivity index (χ4n) is 0.365. The molecule has 0 N–H and O–H groups in total. The van der Waals surface area contributed by atoms with E-state index in [-0.39, 0.29) is 0 Å². The Kier molecular flexibility index (Phi) is 3.14. The summed E-state index contributed by atoms with van der Waals surface area (Å²) in [6.07, 6.45) is 2.12. The molecule has 1 heteroatoms. The van der Waals surface area contributed by atoms with Crippen LogP contribution in [0.4, 0.5) is 0 Å². The van der Waals surface area contributed by atoms with Crippen LogP contribution in [0.2, 0.25) is 0 Å². The lowest BCUT2D eigenvalue weighted by atomic mass is 10.5. The van der Waals surface area contributed by atoms with E-state index < -0.39 is 0 Å². The van der Waals surface area contributed by atoms with E-state index in [1.54, 1.807) is 0 Å². The highest BCUT2D eigenvalue weighted by Crippen LogP contribution is 1.74. The average Bonchev–Trinajstić information content (AvgIpc) is 1.35. The third-order valence-corrected chi connectivity index (χ3v) is 0.548. The van der Waals surface area contributed by atoms with Gasteiger partial charge in [0.15, 0.2) is 0 Å². The summed E-state index contributed by atoms with van der Waals surface area (Å²) in [6, 6.07) is 0. The number of hydrogen-bond acceptors (Lipinski definition) is 1. The summed E-state index contributed by atoms with van der Waals surface area (Å²) in [7, 11) is 4.11. The molecule has 0 heterocycles. The molecule has 0 aromatic heterocycles. The van der Waals surface area contributed by atoms with Crippen LogP contribution in [0.25, 0.3) is 0 Å². The zero-order chi connectivity index (χ0) is 4.99. The molecular weight excluding hydrogens is 74.1 g/mol. The van der Waals surface area contributed by atoms with Gasteiger partial charge in [0, 0.05) is 6.54 Å². The fourth-order valence-corrected chi connectivity index (χ4v) is 0.365. The van der Waals surface area contributed by atoms with Gasteiger partial charge in [-0.3, -0.25) is 0 Å². The van der Waals surface area contributed by atoms with Gasteiger partial charge in [0.25, 0.3) is 0 Å². The molecular formula is C5H12N. The predicted octanol–water partition coefficient (Wildman–Crippen LogP) is 0.772. The lowest BCUT2D eigenvalue weighted by Crippen LogP contribution is -2.11. The van der Waals surface area contributed by atoms with Crippen LogP contribution in [-0.2, 0) is 0 Å². The van der Waals surface area contributed by atoms with Gasteiger partial charge in [-0.1, -0.05) is 6.92 Å². The van der Waals surface area contributed by atoms with E-state index in [0.29, 0.717) is 0 Å². The van der Waals surface area contributed by atoms with Crippen molar-refractivity contribution in [1.82, 2.24) is 4.90 Å². The topological polar surface area (TPSA) is 3.24 Å². The Morgan fingerprint density at radius 1 is 1.50 bits per heavy atom. The quantitative estimate of drug-likeness (QED) is 0.480. The maximum Gasteiger partial charge on any atom is 0.000394 e. The van der Waals surface area contributed by atoms with Crippen LogP contribution in [0.15, 0.2) is 0 Å². The molecule has 0 spiro atoms. The van der Waals surface area contributed by atoms with Crippen LogP contribution in [0.3, 0.4) is 0 Å². The van der Waals surface area contributed by atoms with Crippen LogP contribution in [-0.4, -0.2) is 25.5 Å². The van der Waals surface area contributed by atoms with Crippen molar-refractivity contribution in [2.24, 2.45) is 0 Å². The van der Waals surface area contributed by atoms with Gasteiger partial charge in [0.05, 0.1) is 0 Å². The smallest absolute Gasteiger partial charge is 0.000394 e. The van der Waals surface area contributed by atoms with Gasteiger partial charge in [-0.25, -0.2) is 0 Å². The Balaban J connectivity index is 2.63. The van der Waals surface area contributed by atoms with Crippen molar-refractivity contribution in [3.63, 3.8) is 0 Å². The van der Waals surface area contributed by atoms with Crippen LogP contribution in [0.5, 0.6) is 0 Å². The first kappa shape index (κ1) is 5.96. The fraction of sp³-hybridized carbons (Fsp3) is 0.800. The molecule has 0 aliphatic heterocycles. The van der Waals surface area contributed by atoms with E-state index in [9.17, 15) is 0 Å². The third-order valence-electron chi connectivity index (χ3n) is 0.548. The molecule has 0 aromatic carbocycles. The third kappa shape index (κ3) is 3.96. The van der Waals surface area contributed by atoms with E-state index in [2.05, 4.69) is 32.3 Å². The molecule has 0 saturated carbocycles. The molecule has 0 atom stereocenters. The first-order valence-corrected chi connectivity index (χ1v) is 2.20. The summed E-state index contributed by atoms with van der Waals surface area (Å²) in [5.41, 5.74) is 0. The van der Waals surface area contributed by atoms with Gasteiger partial charge in [-0.2, -0.15) is 0 Å². The molecule has 37 valence electrons. The van der Waals surface area contributed by atoms with Gasteiger partial charge in [-0.15, -0.1) is 0 Å². The van der Waals surface area contributed by atoms with E-state index in [0.717, 1.165) is 6.54 Å². The summed E-state index contributed by atoms with van der Waals surface area (Å²) in [6.45, 7) is 3.14. The van der Waals surface area contributed by atoms with Crippen LogP contribution >= 0.6 is 0 Å². The summed E-state index contributed by atoms with van der Waals surface area (Å²) in [5.74, 6) is 0. The second-order valence-corrected chi connectivity index (χ2v) is 1.67. The SMILES string of the molecule is C[CH]CN(C)C. The maximum atomic E-state index is 2.12. The van der Waals surface area contributed by atoms with E-state index in [1.165, 1.54) is 0 Å². The van der Waals surface area contributed by atoms with Gasteiger partial charge in [0.2, 0.25) is 0 Å². The van der Waals surface area contributed by atoms with E-state index in [1.807, 2.05) is 0 Å². The molecule has 1 nitrogen and oxygen atoms in total. The predicted molar refractivity (Wildman–Crippen MR) is 28.5 cm³/mol. The number of nitrogens with zero attached hydrogens (tertiary/aromatic N) is 1. The van der Waals surface area contributed by atoms with Gasteiger partial charge in [0.1, 0.15) is 0 Å². The minimum Gasteiger partial charge on any atom is -0.309 e. The van der Waals surface area contributed by atoms with Crippen molar-refractivity contribution in [2.75, 3.05) is 20.6 Å². The highest BCUT2D eigenvalue weighted by atomic mass is 15.0. The van der Waals surface area contributed by atoms with Crippen molar-refractivity contribution in [1.29, 1.82) is 0 Å². The summed E-state index contributed by atoms with van der Waals surface area (Å²) < 4.78 is 0. The van der Waals surface area contributed by atoms with Gasteiger partial charge in [-0.05, 0) is 20.5 Å². The second kappa shape index (κ2) is 3.16. The van der Waals surface area contributed by atoms with Crippen molar-refractivity contribution < 1.29 is 0 Å². The minimum absolute atomic E-state index is 1.08. The molecule has 1 radical (unpaired) electrons. The summed E-state index contributed by atoms with van der Waals surface area (Å²) in [5, 5.41) is 0. The summed E-state index contributed by atoms with van der Waals surface area (Å²) >= 11 is 0. The van der Waals surface area contributed by atoms with Crippen LogP contribution < -0.4 is 0 Å². The van der Waals surface area contributed by atoms with Gasteiger partial charge >= 0.3 is 0 Å². The molecule has 0 aliphatic carbocycles. The number of hydrogen-bond donors (Lipinski definition) is 0. The van der Waals surface area contributed by atoms with Crippen molar-refractivity contribution in [3.05, 3.63) is 6.42 Å². The van der Waals surface area contributed by atoms with Crippen LogP contribution in [0.1, 0.15) is 6.92 Å². The summed E-state index contributed by atoms with van der Waals surface area (Å²) in [4.78, 5) is 2.12. The Hall–Kier alpha value is -0.0400. The monoisotopic (exact) mass is 86.1 g/mol. The Morgan fingerprint density at radius 2 is 2.00 bits per heavy atom. The molecule has 0 rings (SSSR count). The van der Waals surface area contributed by atoms with E-state index in [4.69, 9.17) is 0 Å². The second-order valence-electron chi connectivity index (χ2n) is 1.67. The first-order valence-electron chi connectivity index (χ1n) is 2.20. The molecule has 0 aliphatic rings. The van der Waals surface area contributed by atoms with Crippen molar-refractivity contribution >= 4 is 0 Å². The highest BCUT2D eigenvalue weighted by Gasteiger charge is 1.79. The number of rotatable bonds is 2. The molecule has 0 unspecified atom stereocenters. The zero-order valence-electron chi connectivity index (χ0n) is 4.73. The van der Waals surface area contributed by atoms with Crippen LogP contribution in [0, 0.1) is 6.42 Å². The Labute approximate surface area is 40.0 Å². The van der Waals surface area contributed by atoms with Crippen molar-refractivity contribution in [3.8, 4) is 0 Å². The average molecular weight is 86.2 g/mol. The normalized spacial score (nSPS) is 10.0. The lowest BCUT2D eigenvalue weighted by molar-refractivity contribution is 0.443. The Morgan fingerprint density at radius 3 is 2.00 bits per heavy atom. The van der Waals surface area contributed by atoms with Crippen molar-refractivity contribution in [2.45, 2.75) is 6.92 Å². The molecule has 0 amide bonds. The molecule has 0 aromatic rings. The lowest BCUT2D eigenvalue weighted by Gasteiger charge is -2.03. The molecule has 0 saturated heterocycles. The maximum absolute atomic E-state index is 2.12. The first-order chi connectivity index (χ1) is 2.77. The molecule has 6 heavy (non-hydrogen) atoms. The van der Waals surface area contributed by atoms with Gasteiger partial charge < -0.3 is 4.90 Å². The molecule has 0 fully saturated rings. The minimum atomic E-state index is 1.08. The Bertz CT molecular complexity index is 25.1. The zero-order valence-corrected chi connectivity index (χ0v) is 4.73. The van der Waals surface area contributed by atoms with E-state index >= 15 is 0 Å². The largest absolute Gasteiger partial charge is 0.309 e. The standard InChI is InChI=1S/C5H12N/c1-4-5-6(2)3/h4H,5H2,1-3H3. The molecule has 0 bridgehead atoms.